The molecule has 0 fully saturated rings. The van der Waals surface area contributed by atoms with Gasteiger partial charge in [-0.3, -0.25) is 4.79 Å². The van der Waals surface area contributed by atoms with Crippen LogP contribution in [-0.4, -0.2) is 25.7 Å². The highest BCUT2D eigenvalue weighted by Crippen LogP contribution is 2.06. The van der Waals surface area contributed by atoms with Crippen LogP contribution in [0.4, 0.5) is 0 Å². The number of nitrogens with zero attached hydrogens (tertiary/aromatic N) is 1. The number of methoxy groups -OCH3 is 1. The Morgan fingerprint density at radius 3 is 2.47 bits per heavy atom. The molecule has 0 bridgehead atoms. The van der Waals surface area contributed by atoms with Crippen molar-refractivity contribution >= 4 is 5.91 Å². The molecule has 0 aliphatic rings. The normalized spacial score (nSPS) is 14.4. The summed E-state index contributed by atoms with van der Waals surface area (Å²) in [5.74, 6) is -0.455. The van der Waals surface area contributed by atoms with Crippen molar-refractivity contribution in [1.82, 2.24) is 5.32 Å². The van der Waals surface area contributed by atoms with Crippen molar-refractivity contribution in [3.8, 4) is 6.07 Å². The molecule has 2 atom stereocenters. The van der Waals surface area contributed by atoms with Crippen LogP contribution < -0.4 is 5.32 Å². The molecule has 1 N–H and O–H groups in total. The van der Waals surface area contributed by atoms with E-state index in [0.717, 1.165) is 0 Å². The van der Waals surface area contributed by atoms with E-state index >= 15 is 0 Å². The molecular weight excluding hydrogens is 192 g/mol. The van der Waals surface area contributed by atoms with Crippen LogP contribution in [0.15, 0.2) is 0 Å². The lowest BCUT2D eigenvalue weighted by Crippen LogP contribution is -2.44. The van der Waals surface area contributed by atoms with Crippen molar-refractivity contribution in [2.75, 3.05) is 13.7 Å². The summed E-state index contributed by atoms with van der Waals surface area (Å²) in [7, 11) is 1.60. The van der Waals surface area contributed by atoms with Crippen LogP contribution in [0.1, 0.15) is 27.2 Å². The van der Waals surface area contributed by atoms with Gasteiger partial charge in [-0.15, -0.1) is 0 Å². The summed E-state index contributed by atoms with van der Waals surface area (Å²) in [6.45, 7) is 6.33. The molecule has 4 heteroatoms. The number of hydrogen-bond acceptors (Lipinski definition) is 3. The van der Waals surface area contributed by atoms with Gasteiger partial charge in [0.1, 0.15) is 5.92 Å². The number of amides is 1. The molecule has 0 aromatic heterocycles. The molecule has 4 nitrogen and oxygen atoms in total. The molecule has 0 aliphatic heterocycles. The summed E-state index contributed by atoms with van der Waals surface area (Å²) >= 11 is 0. The summed E-state index contributed by atoms with van der Waals surface area (Å²) in [5, 5.41) is 11.6. The first kappa shape index (κ1) is 13.9. The number of nitriles is 1. The highest BCUT2D eigenvalue weighted by molar-refractivity contribution is 5.81. The third-order valence-corrected chi connectivity index (χ3v) is 2.36. The van der Waals surface area contributed by atoms with Crippen LogP contribution in [0.2, 0.25) is 0 Å². The monoisotopic (exact) mass is 212 g/mol. The van der Waals surface area contributed by atoms with Gasteiger partial charge in [0.15, 0.2) is 0 Å². The second-order valence-corrected chi connectivity index (χ2v) is 3.90. The van der Waals surface area contributed by atoms with Crippen LogP contribution in [0.25, 0.3) is 0 Å². The van der Waals surface area contributed by atoms with Gasteiger partial charge in [0.05, 0.1) is 18.7 Å². The van der Waals surface area contributed by atoms with Gasteiger partial charge in [-0.2, -0.15) is 5.26 Å². The number of hydrogen-bond donors (Lipinski definition) is 1. The lowest BCUT2D eigenvalue weighted by atomic mass is 10.0. The Morgan fingerprint density at radius 1 is 1.53 bits per heavy atom. The maximum atomic E-state index is 11.6. The largest absolute Gasteiger partial charge is 0.383 e. The first-order valence-corrected chi connectivity index (χ1v) is 5.25. The highest BCUT2D eigenvalue weighted by atomic mass is 16.5. The molecule has 1 amide bonds. The third-order valence-electron chi connectivity index (χ3n) is 2.36. The zero-order chi connectivity index (χ0) is 11.8. The van der Waals surface area contributed by atoms with Gasteiger partial charge in [0.2, 0.25) is 5.91 Å². The van der Waals surface area contributed by atoms with Crippen LogP contribution in [-0.2, 0) is 9.53 Å². The molecular formula is C11H20N2O2. The summed E-state index contributed by atoms with van der Waals surface area (Å²) in [5.41, 5.74) is 0. The van der Waals surface area contributed by atoms with E-state index in [0.29, 0.717) is 18.9 Å². The Hall–Kier alpha value is -1.08. The SMILES string of the molecule is CCC(C#N)C(=O)NC(COC)C(C)C. The van der Waals surface area contributed by atoms with Crippen LogP contribution in [0.3, 0.4) is 0 Å². The van der Waals surface area contributed by atoms with Crippen molar-refractivity contribution in [3.63, 3.8) is 0 Å². The standard InChI is InChI=1S/C11H20N2O2/c1-5-9(6-12)11(14)13-10(7-15-4)8(2)3/h8-10H,5,7H2,1-4H3,(H,13,14). The Kier molecular flexibility index (Phi) is 6.72. The van der Waals surface area contributed by atoms with Crippen molar-refractivity contribution in [1.29, 1.82) is 5.26 Å². The number of carbonyl (C=O) groups is 1. The second-order valence-electron chi connectivity index (χ2n) is 3.90. The summed E-state index contributed by atoms with van der Waals surface area (Å²) < 4.78 is 5.02. The van der Waals surface area contributed by atoms with Crippen LogP contribution >= 0.6 is 0 Å². The van der Waals surface area contributed by atoms with E-state index in [4.69, 9.17) is 10.00 Å². The van der Waals surface area contributed by atoms with Gasteiger partial charge in [-0.25, -0.2) is 0 Å². The molecule has 0 saturated carbocycles. The topological polar surface area (TPSA) is 62.1 Å². The van der Waals surface area contributed by atoms with Crippen molar-refractivity contribution in [2.45, 2.75) is 33.2 Å². The van der Waals surface area contributed by atoms with Gasteiger partial charge in [0.25, 0.3) is 0 Å². The van der Waals surface area contributed by atoms with E-state index in [1.165, 1.54) is 0 Å². The van der Waals surface area contributed by atoms with Crippen molar-refractivity contribution < 1.29 is 9.53 Å². The summed E-state index contributed by atoms with van der Waals surface area (Å²) in [6.07, 6.45) is 0.542. The van der Waals surface area contributed by atoms with Crippen molar-refractivity contribution in [2.24, 2.45) is 11.8 Å². The summed E-state index contributed by atoms with van der Waals surface area (Å²) in [6, 6.07) is 1.96. The molecule has 0 aromatic carbocycles. The molecule has 0 radical (unpaired) electrons. The first-order chi connectivity index (χ1) is 7.06. The predicted molar refractivity (Wildman–Crippen MR) is 58.0 cm³/mol. The second kappa shape index (κ2) is 7.24. The first-order valence-electron chi connectivity index (χ1n) is 5.25. The van der Waals surface area contributed by atoms with Gasteiger partial charge in [-0.05, 0) is 12.3 Å². The smallest absolute Gasteiger partial charge is 0.237 e. The number of nitrogens with one attached hydrogen (secondary N) is 1. The molecule has 0 heterocycles. The van der Waals surface area contributed by atoms with Gasteiger partial charge in [0, 0.05) is 7.11 Å². The van der Waals surface area contributed by atoms with Crippen LogP contribution in [0, 0.1) is 23.2 Å². The Balaban J connectivity index is 4.28. The van der Waals surface area contributed by atoms with E-state index in [1.54, 1.807) is 7.11 Å². The zero-order valence-electron chi connectivity index (χ0n) is 9.91. The molecule has 0 aromatic rings. The Morgan fingerprint density at radius 2 is 2.13 bits per heavy atom. The van der Waals surface area contributed by atoms with Crippen molar-refractivity contribution in [3.05, 3.63) is 0 Å². The van der Waals surface area contributed by atoms with Gasteiger partial charge in [-0.1, -0.05) is 20.8 Å². The molecule has 86 valence electrons. The fourth-order valence-corrected chi connectivity index (χ4v) is 1.20. The maximum absolute atomic E-state index is 11.6. The number of ether oxygens (including phenoxy) is 1. The molecule has 0 rings (SSSR count). The fourth-order valence-electron chi connectivity index (χ4n) is 1.20. The maximum Gasteiger partial charge on any atom is 0.237 e. The predicted octanol–water partition coefficient (Wildman–Crippen LogP) is 1.32. The quantitative estimate of drug-likeness (QED) is 0.722. The van der Waals surface area contributed by atoms with E-state index < -0.39 is 5.92 Å². The molecule has 0 spiro atoms. The van der Waals surface area contributed by atoms with E-state index in [2.05, 4.69) is 5.32 Å². The van der Waals surface area contributed by atoms with E-state index in [-0.39, 0.29) is 11.9 Å². The van der Waals surface area contributed by atoms with Gasteiger partial charge >= 0.3 is 0 Å². The average molecular weight is 212 g/mol. The number of rotatable bonds is 6. The molecule has 0 saturated heterocycles. The Labute approximate surface area is 91.6 Å². The van der Waals surface area contributed by atoms with E-state index in [9.17, 15) is 4.79 Å². The minimum absolute atomic E-state index is 0.0232. The number of carbonyl (C=O) groups excluding carboxylic acids is 1. The lowest BCUT2D eigenvalue weighted by molar-refractivity contribution is -0.124. The third kappa shape index (κ3) is 4.80. The summed E-state index contributed by atoms with van der Waals surface area (Å²) in [4.78, 5) is 11.6. The molecule has 0 aliphatic carbocycles. The zero-order valence-corrected chi connectivity index (χ0v) is 9.91. The Bertz CT molecular complexity index is 233. The fraction of sp³-hybridized carbons (Fsp3) is 0.818. The minimum atomic E-state index is -0.553. The lowest BCUT2D eigenvalue weighted by Gasteiger charge is -2.22. The highest BCUT2D eigenvalue weighted by Gasteiger charge is 2.21. The van der Waals surface area contributed by atoms with E-state index in [1.807, 2.05) is 26.8 Å². The molecule has 2 unspecified atom stereocenters. The average Bonchev–Trinajstić information content (AvgIpc) is 2.18. The van der Waals surface area contributed by atoms with Crippen LogP contribution in [0.5, 0.6) is 0 Å². The minimum Gasteiger partial charge on any atom is -0.383 e. The molecule has 15 heavy (non-hydrogen) atoms. The van der Waals surface area contributed by atoms with Gasteiger partial charge < -0.3 is 10.1 Å².